The molecule has 108 valence electrons. The lowest BCUT2D eigenvalue weighted by Gasteiger charge is -2.15. The minimum atomic E-state index is -0.00214. The van der Waals surface area contributed by atoms with Crippen molar-refractivity contribution in [3.63, 3.8) is 0 Å². The molecule has 0 saturated heterocycles. The normalized spacial score (nSPS) is 12.3. The van der Waals surface area contributed by atoms with Gasteiger partial charge in [-0.05, 0) is 42.5 Å². The van der Waals surface area contributed by atoms with Crippen LogP contribution in [0.15, 0.2) is 29.6 Å². The van der Waals surface area contributed by atoms with E-state index in [4.69, 9.17) is 22.1 Å². The molecular weight excluding hydrogens is 294 g/mol. The first-order chi connectivity index (χ1) is 9.65. The van der Waals surface area contributed by atoms with Gasteiger partial charge < -0.3 is 15.6 Å². The summed E-state index contributed by atoms with van der Waals surface area (Å²) in [6, 6.07) is 7.72. The fourth-order valence-corrected chi connectivity index (χ4v) is 3.20. The van der Waals surface area contributed by atoms with Crippen molar-refractivity contribution in [3.05, 3.63) is 45.1 Å². The van der Waals surface area contributed by atoms with Gasteiger partial charge in [-0.25, -0.2) is 0 Å². The Morgan fingerprint density at radius 3 is 2.85 bits per heavy atom. The van der Waals surface area contributed by atoms with E-state index in [-0.39, 0.29) is 11.7 Å². The largest absolute Gasteiger partial charge is 0.503 e. The van der Waals surface area contributed by atoms with E-state index >= 15 is 0 Å². The first kappa shape index (κ1) is 15.2. The maximum Gasteiger partial charge on any atom is 0.176 e. The van der Waals surface area contributed by atoms with E-state index in [1.807, 2.05) is 24.4 Å². The van der Waals surface area contributed by atoms with Gasteiger partial charge in [0.05, 0.1) is 11.6 Å². The maximum absolute atomic E-state index is 9.85. The van der Waals surface area contributed by atoms with Crippen LogP contribution < -0.4 is 10.5 Å². The summed E-state index contributed by atoms with van der Waals surface area (Å²) in [6.45, 7) is 2.93. The van der Waals surface area contributed by atoms with Crippen molar-refractivity contribution in [2.75, 3.05) is 13.2 Å². The van der Waals surface area contributed by atoms with Gasteiger partial charge in [-0.15, -0.1) is 11.3 Å². The third kappa shape index (κ3) is 3.45. The third-order valence-electron chi connectivity index (χ3n) is 3.10. The summed E-state index contributed by atoms with van der Waals surface area (Å²) in [6.07, 6.45) is 0.775. The molecule has 0 aliphatic carbocycles. The van der Waals surface area contributed by atoms with Crippen molar-refractivity contribution in [1.29, 1.82) is 0 Å². The monoisotopic (exact) mass is 311 g/mol. The number of hydrogen-bond acceptors (Lipinski definition) is 4. The van der Waals surface area contributed by atoms with Gasteiger partial charge in [-0.3, -0.25) is 0 Å². The molecule has 3 nitrogen and oxygen atoms in total. The molecule has 0 fully saturated rings. The molecule has 0 amide bonds. The number of benzene rings is 1. The molecule has 1 heterocycles. The van der Waals surface area contributed by atoms with Crippen LogP contribution in [-0.2, 0) is 6.42 Å². The third-order valence-corrected chi connectivity index (χ3v) is 4.42. The Morgan fingerprint density at radius 1 is 1.45 bits per heavy atom. The van der Waals surface area contributed by atoms with E-state index in [9.17, 15) is 5.11 Å². The second-order valence-electron chi connectivity index (χ2n) is 4.51. The molecule has 0 aliphatic rings. The fraction of sp³-hybridized carbons (Fsp3) is 0.333. The average molecular weight is 312 g/mol. The first-order valence-corrected chi connectivity index (χ1v) is 7.79. The molecule has 2 rings (SSSR count). The standard InChI is InChI=1S/C15H18ClNO2S/c1-2-19-13-8-10(7-12(16)15(13)18)6-11(9-17)14-4-3-5-20-14/h3-5,7-8,11,18H,2,6,9,17H2,1H3. The highest BCUT2D eigenvalue weighted by atomic mass is 35.5. The topological polar surface area (TPSA) is 55.5 Å². The molecule has 0 aliphatic heterocycles. The van der Waals surface area contributed by atoms with Crippen LogP contribution in [0.25, 0.3) is 0 Å². The summed E-state index contributed by atoms with van der Waals surface area (Å²) in [5, 5.41) is 12.2. The smallest absolute Gasteiger partial charge is 0.176 e. The lowest BCUT2D eigenvalue weighted by molar-refractivity contribution is 0.318. The number of hydrogen-bond donors (Lipinski definition) is 2. The average Bonchev–Trinajstić information content (AvgIpc) is 2.95. The maximum atomic E-state index is 9.85. The van der Waals surface area contributed by atoms with Crippen LogP contribution in [0.1, 0.15) is 23.3 Å². The SMILES string of the molecule is CCOc1cc(CC(CN)c2cccs2)cc(Cl)c1O. The lowest BCUT2D eigenvalue weighted by atomic mass is 9.97. The van der Waals surface area contributed by atoms with Crippen molar-refractivity contribution >= 4 is 22.9 Å². The minimum Gasteiger partial charge on any atom is -0.503 e. The first-order valence-electron chi connectivity index (χ1n) is 6.53. The van der Waals surface area contributed by atoms with E-state index in [0.29, 0.717) is 23.9 Å². The zero-order valence-corrected chi connectivity index (χ0v) is 12.9. The summed E-state index contributed by atoms with van der Waals surface area (Å²) in [4.78, 5) is 1.26. The Kier molecular flexibility index (Phi) is 5.29. The van der Waals surface area contributed by atoms with Crippen LogP contribution in [0.4, 0.5) is 0 Å². The Bertz CT molecular complexity index is 557. The second-order valence-corrected chi connectivity index (χ2v) is 5.90. The Balaban J connectivity index is 2.24. The van der Waals surface area contributed by atoms with E-state index < -0.39 is 0 Å². The molecule has 20 heavy (non-hydrogen) atoms. The van der Waals surface area contributed by atoms with Gasteiger partial charge in [0.25, 0.3) is 0 Å². The van der Waals surface area contributed by atoms with Crippen molar-refractivity contribution in [1.82, 2.24) is 0 Å². The number of ether oxygens (including phenoxy) is 1. The van der Waals surface area contributed by atoms with Gasteiger partial charge in [0, 0.05) is 17.3 Å². The Labute approximate surface area is 128 Å². The van der Waals surface area contributed by atoms with Gasteiger partial charge >= 0.3 is 0 Å². The highest BCUT2D eigenvalue weighted by Crippen LogP contribution is 2.36. The van der Waals surface area contributed by atoms with Crippen LogP contribution in [-0.4, -0.2) is 18.3 Å². The molecule has 2 aromatic rings. The molecule has 1 aromatic heterocycles. The van der Waals surface area contributed by atoms with Crippen molar-refractivity contribution in [2.45, 2.75) is 19.3 Å². The van der Waals surface area contributed by atoms with Crippen LogP contribution >= 0.6 is 22.9 Å². The second kappa shape index (κ2) is 6.97. The van der Waals surface area contributed by atoms with Crippen molar-refractivity contribution in [3.8, 4) is 11.5 Å². The van der Waals surface area contributed by atoms with Crippen LogP contribution in [0.2, 0.25) is 5.02 Å². The van der Waals surface area contributed by atoms with E-state index in [1.54, 1.807) is 17.4 Å². The zero-order chi connectivity index (χ0) is 14.5. The molecule has 0 bridgehead atoms. The van der Waals surface area contributed by atoms with E-state index in [2.05, 4.69) is 6.07 Å². The van der Waals surface area contributed by atoms with Crippen LogP contribution in [0, 0.1) is 0 Å². The number of nitrogens with two attached hydrogens (primary N) is 1. The number of phenols is 1. The quantitative estimate of drug-likeness (QED) is 0.853. The summed E-state index contributed by atoms with van der Waals surface area (Å²) in [5.41, 5.74) is 6.88. The zero-order valence-electron chi connectivity index (χ0n) is 11.3. The highest BCUT2D eigenvalue weighted by molar-refractivity contribution is 7.10. The van der Waals surface area contributed by atoms with Gasteiger partial charge in [-0.2, -0.15) is 0 Å². The van der Waals surface area contributed by atoms with E-state index in [0.717, 1.165) is 12.0 Å². The molecule has 3 N–H and O–H groups in total. The molecule has 0 saturated carbocycles. The van der Waals surface area contributed by atoms with Gasteiger partial charge in [0.2, 0.25) is 0 Å². The van der Waals surface area contributed by atoms with E-state index in [1.165, 1.54) is 4.88 Å². The van der Waals surface area contributed by atoms with Crippen LogP contribution in [0.5, 0.6) is 11.5 Å². The van der Waals surface area contributed by atoms with Crippen LogP contribution in [0.3, 0.4) is 0 Å². The Morgan fingerprint density at radius 2 is 2.25 bits per heavy atom. The minimum absolute atomic E-state index is 0.00214. The molecule has 1 atom stereocenters. The lowest BCUT2D eigenvalue weighted by Crippen LogP contribution is -2.14. The predicted octanol–water partition coefficient (Wildman–Crippen LogP) is 3.79. The number of phenolic OH excluding ortho intramolecular Hbond substituents is 1. The van der Waals surface area contributed by atoms with Crippen molar-refractivity contribution < 1.29 is 9.84 Å². The highest BCUT2D eigenvalue weighted by Gasteiger charge is 2.15. The van der Waals surface area contributed by atoms with Gasteiger partial charge in [0.1, 0.15) is 0 Å². The fourth-order valence-electron chi connectivity index (χ4n) is 2.12. The molecular formula is C15H18ClNO2S. The number of halogens is 1. The summed E-state index contributed by atoms with van der Waals surface area (Å²) in [5.74, 6) is 0.680. The molecule has 0 radical (unpaired) electrons. The molecule has 1 aromatic carbocycles. The summed E-state index contributed by atoms with van der Waals surface area (Å²) in [7, 11) is 0. The molecule has 5 heteroatoms. The van der Waals surface area contributed by atoms with Gasteiger partial charge in [-0.1, -0.05) is 17.7 Å². The van der Waals surface area contributed by atoms with Gasteiger partial charge in [0.15, 0.2) is 11.5 Å². The summed E-state index contributed by atoms with van der Waals surface area (Å²) < 4.78 is 5.40. The number of thiophene rings is 1. The van der Waals surface area contributed by atoms with Crippen molar-refractivity contribution in [2.24, 2.45) is 5.73 Å². The summed E-state index contributed by atoms with van der Waals surface area (Å²) >= 11 is 7.75. The molecule has 0 spiro atoms. The molecule has 1 unspecified atom stereocenters. The predicted molar refractivity (Wildman–Crippen MR) is 84.1 cm³/mol. The Hall–Kier alpha value is -1.23. The number of rotatable bonds is 6. The number of aromatic hydroxyl groups is 1.